The third-order valence-corrected chi connectivity index (χ3v) is 5.18. The molecule has 0 aliphatic heterocycles. The van der Waals surface area contributed by atoms with Gasteiger partial charge in [0, 0.05) is 13.5 Å². The largest absolute Gasteiger partial charge is 0.369 e. The molecule has 0 aliphatic carbocycles. The van der Waals surface area contributed by atoms with Gasteiger partial charge < -0.3 is 4.57 Å². The normalized spacial score (nSPS) is 11.0. The van der Waals surface area contributed by atoms with E-state index >= 15 is 0 Å². The van der Waals surface area contributed by atoms with Crippen LogP contribution in [0.5, 0.6) is 0 Å². The molecule has 0 saturated heterocycles. The summed E-state index contributed by atoms with van der Waals surface area (Å²) in [6.07, 6.45) is 1.57. The number of hydrogen-bond acceptors (Lipinski definition) is 1. The smallest absolute Gasteiger partial charge is 0.214 e. The van der Waals surface area contributed by atoms with Gasteiger partial charge in [-0.25, -0.2) is 0 Å². The lowest BCUT2D eigenvalue weighted by atomic mass is 10.3. The van der Waals surface area contributed by atoms with E-state index in [1.807, 2.05) is 24.2 Å². The van der Waals surface area contributed by atoms with Crippen molar-refractivity contribution >= 4 is 14.1 Å². The van der Waals surface area contributed by atoms with Crippen molar-refractivity contribution in [2.24, 2.45) is 0 Å². The lowest BCUT2D eigenvalue weighted by Crippen LogP contribution is -2.47. The lowest BCUT2D eigenvalue weighted by molar-refractivity contribution is -0.126. The molecular weight excluding hydrogens is 166 g/mol. The van der Waals surface area contributed by atoms with E-state index in [0.29, 0.717) is 6.42 Å². The van der Waals surface area contributed by atoms with Crippen LogP contribution in [0.4, 0.5) is 0 Å². The second kappa shape index (κ2) is 4.45. The van der Waals surface area contributed by atoms with Gasteiger partial charge in [-0.3, -0.25) is 4.79 Å². The van der Waals surface area contributed by atoms with Crippen molar-refractivity contribution in [3.05, 3.63) is 12.3 Å². The molecule has 0 unspecified atom stereocenters. The lowest BCUT2D eigenvalue weighted by Gasteiger charge is -2.30. The molecule has 1 amide bonds. The van der Waals surface area contributed by atoms with Gasteiger partial charge in [-0.15, -0.1) is 6.58 Å². The van der Waals surface area contributed by atoms with Crippen LogP contribution >= 0.6 is 0 Å². The minimum atomic E-state index is -1.63. The highest BCUT2D eigenvalue weighted by molar-refractivity contribution is 6.81. The molecule has 2 nitrogen and oxygen atoms in total. The van der Waals surface area contributed by atoms with Crippen LogP contribution in [0, 0.1) is 0 Å². The minimum absolute atomic E-state index is 0.245. The Hall–Kier alpha value is -0.573. The summed E-state index contributed by atoms with van der Waals surface area (Å²) < 4.78 is 1.88. The van der Waals surface area contributed by atoms with Crippen LogP contribution in [-0.4, -0.2) is 25.8 Å². The number of amides is 1. The first kappa shape index (κ1) is 11.4. The summed E-state index contributed by atoms with van der Waals surface area (Å²) in [5.41, 5.74) is 1.93. The fourth-order valence-corrected chi connectivity index (χ4v) is 1.87. The zero-order chi connectivity index (χ0) is 9.78. The summed E-state index contributed by atoms with van der Waals surface area (Å²) in [6.45, 7) is 10.0. The minimum Gasteiger partial charge on any atom is -0.369 e. The maximum absolute atomic E-state index is 11.5. The number of rotatable bonds is 4. The summed E-state index contributed by atoms with van der Waals surface area (Å²) >= 11 is 0. The Morgan fingerprint density at radius 2 is 2.08 bits per heavy atom. The number of hydrogen-bond donors (Lipinski definition) is 0. The quantitative estimate of drug-likeness (QED) is 0.615. The molecule has 70 valence electrons. The van der Waals surface area contributed by atoms with Gasteiger partial charge in [0.25, 0.3) is 0 Å². The summed E-state index contributed by atoms with van der Waals surface area (Å²) in [5.74, 6) is 0.245. The fourth-order valence-electron chi connectivity index (χ4n) is 0.840. The molecule has 0 atom stereocenters. The third-order valence-electron chi connectivity index (χ3n) is 2.20. The molecule has 0 rings (SSSR count). The summed E-state index contributed by atoms with van der Waals surface area (Å²) in [7, 11) is 0.248. The second-order valence-corrected chi connectivity index (χ2v) is 7.95. The maximum Gasteiger partial charge on any atom is 0.214 e. The summed E-state index contributed by atoms with van der Waals surface area (Å²) in [5, 5.41) is 0. The fraction of sp³-hybridized carbons (Fsp3) is 0.667. The first-order valence-electron chi connectivity index (χ1n) is 4.36. The summed E-state index contributed by atoms with van der Waals surface area (Å²) in [4.78, 5) is 11.5. The van der Waals surface area contributed by atoms with Crippen LogP contribution in [0.15, 0.2) is 12.3 Å². The number of carbonyl (C=O) groups excluding carboxylic acids is 1. The first-order valence-corrected chi connectivity index (χ1v) is 7.38. The zero-order valence-electron chi connectivity index (χ0n) is 8.55. The molecule has 0 spiro atoms. The Balaban J connectivity index is 4.27. The SMILES string of the molecule is C=C[Si](C)(C)N(C)C(=O)CCC. The molecule has 0 aliphatic rings. The van der Waals surface area contributed by atoms with Crippen LogP contribution in [-0.2, 0) is 4.79 Å². The van der Waals surface area contributed by atoms with Gasteiger partial charge in [0.2, 0.25) is 5.91 Å². The Kier molecular flexibility index (Phi) is 4.24. The van der Waals surface area contributed by atoms with Crippen molar-refractivity contribution in [3.8, 4) is 0 Å². The average molecular weight is 185 g/mol. The molecule has 0 N–H and O–H groups in total. The molecule has 0 heterocycles. The summed E-state index contributed by atoms with van der Waals surface area (Å²) in [6, 6.07) is 0. The highest BCUT2D eigenvalue weighted by Gasteiger charge is 2.25. The van der Waals surface area contributed by atoms with Gasteiger partial charge in [0.1, 0.15) is 0 Å². The zero-order valence-corrected chi connectivity index (χ0v) is 9.55. The van der Waals surface area contributed by atoms with E-state index in [2.05, 4.69) is 19.7 Å². The molecule has 0 saturated carbocycles. The Bertz CT molecular complexity index is 177. The van der Waals surface area contributed by atoms with Crippen molar-refractivity contribution in [1.29, 1.82) is 0 Å². The standard InChI is InChI=1S/C9H19NOSi/c1-6-8-9(11)10(3)12(4,5)7-2/h7H,2,6,8H2,1,3-5H3. The van der Waals surface area contributed by atoms with Crippen molar-refractivity contribution in [2.45, 2.75) is 32.9 Å². The van der Waals surface area contributed by atoms with Gasteiger partial charge in [-0.05, 0) is 19.5 Å². The predicted molar refractivity (Wildman–Crippen MR) is 55.4 cm³/mol. The third kappa shape index (κ3) is 2.81. The molecular formula is C9H19NOSi. The topological polar surface area (TPSA) is 20.3 Å². The molecule has 0 fully saturated rings. The van der Waals surface area contributed by atoms with E-state index in [4.69, 9.17) is 0 Å². The van der Waals surface area contributed by atoms with Crippen molar-refractivity contribution in [3.63, 3.8) is 0 Å². The molecule has 0 aromatic carbocycles. The molecule has 12 heavy (non-hydrogen) atoms. The Morgan fingerprint density at radius 3 is 2.42 bits per heavy atom. The second-order valence-electron chi connectivity index (χ2n) is 3.56. The highest BCUT2D eigenvalue weighted by Crippen LogP contribution is 2.10. The van der Waals surface area contributed by atoms with Crippen molar-refractivity contribution in [1.82, 2.24) is 4.57 Å². The van der Waals surface area contributed by atoms with Crippen LogP contribution in [0.1, 0.15) is 19.8 Å². The van der Waals surface area contributed by atoms with E-state index in [9.17, 15) is 4.79 Å². The monoisotopic (exact) mass is 185 g/mol. The average Bonchev–Trinajstić information content (AvgIpc) is 2.03. The van der Waals surface area contributed by atoms with Crippen LogP contribution in [0.3, 0.4) is 0 Å². The number of carbonyl (C=O) groups is 1. The van der Waals surface area contributed by atoms with Crippen molar-refractivity contribution < 1.29 is 4.79 Å². The molecule has 0 aromatic rings. The first-order chi connectivity index (χ1) is 5.45. The highest BCUT2D eigenvalue weighted by atomic mass is 28.3. The predicted octanol–water partition coefficient (Wildman–Crippen LogP) is 2.18. The van der Waals surface area contributed by atoms with E-state index in [0.717, 1.165) is 6.42 Å². The van der Waals surface area contributed by atoms with Crippen LogP contribution in [0.2, 0.25) is 13.1 Å². The van der Waals surface area contributed by atoms with Gasteiger partial charge in [0.15, 0.2) is 8.24 Å². The van der Waals surface area contributed by atoms with E-state index in [1.54, 1.807) is 0 Å². The van der Waals surface area contributed by atoms with E-state index in [-0.39, 0.29) is 5.91 Å². The van der Waals surface area contributed by atoms with Crippen molar-refractivity contribution in [2.75, 3.05) is 7.05 Å². The molecule has 3 heteroatoms. The molecule has 0 radical (unpaired) electrons. The van der Waals surface area contributed by atoms with E-state index < -0.39 is 8.24 Å². The maximum atomic E-state index is 11.5. The Labute approximate surface area is 76.4 Å². The van der Waals surface area contributed by atoms with Gasteiger partial charge >= 0.3 is 0 Å². The van der Waals surface area contributed by atoms with Gasteiger partial charge in [0.05, 0.1) is 0 Å². The van der Waals surface area contributed by atoms with Gasteiger partial charge in [-0.1, -0.05) is 12.6 Å². The molecule has 0 bridgehead atoms. The van der Waals surface area contributed by atoms with Crippen LogP contribution < -0.4 is 0 Å². The Morgan fingerprint density at radius 1 is 1.58 bits per heavy atom. The van der Waals surface area contributed by atoms with E-state index in [1.165, 1.54) is 0 Å². The van der Waals surface area contributed by atoms with Gasteiger partial charge in [-0.2, -0.15) is 0 Å². The number of nitrogens with zero attached hydrogens (tertiary/aromatic N) is 1. The van der Waals surface area contributed by atoms with Crippen LogP contribution in [0.25, 0.3) is 0 Å². The molecule has 0 aromatic heterocycles.